The van der Waals surface area contributed by atoms with Crippen molar-refractivity contribution in [2.75, 3.05) is 0 Å². The average Bonchev–Trinajstić information content (AvgIpc) is 2.93. The highest BCUT2D eigenvalue weighted by atomic mass is 16.1. The van der Waals surface area contributed by atoms with Crippen LogP contribution in [0.1, 0.15) is 51.4 Å². The summed E-state index contributed by atoms with van der Waals surface area (Å²) in [6.07, 6.45) is 0. The van der Waals surface area contributed by atoms with Gasteiger partial charge in [-0.25, -0.2) is 0 Å². The molecule has 1 heterocycles. The third-order valence-corrected chi connectivity index (χ3v) is 4.65. The van der Waals surface area contributed by atoms with Crippen molar-refractivity contribution >= 4 is 5.91 Å². The fourth-order valence-corrected chi connectivity index (χ4v) is 3.20. The van der Waals surface area contributed by atoms with Crippen molar-refractivity contribution in [1.29, 1.82) is 0 Å². The summed E-state index contributed by atoms with van der Waals surface area (Å²) in [6.45, 7) is 8.83. The van der Waals surface area contributed by atoms with Crippen molar-refractivity contribution in [3.8, 4) is 0 Å². The summed E-state index contributed by atoms with van der Waals surface area (Å²) in [5.41, 5.74) is 6.27. The van der Waals surface area contributed by atoms with Crippen LogP contribution in [-0.4, -0.2) is 15.7 Å². The van der Waals surface area contributed by atoms with E-state index in [9.17, 15) is 4.79 Å². The number of nitrogens with zero attached hydrogens (tertiary/aromatic N) is 2. The molecule has 0 radical (unpaired) electrons. The maximum atomic E-state index is 12.5. The van der Waals surface area contributed by atoms with Crippen molar-refractivity contribution in [3.05, 3.63) is 88.2 Å². The van der Waals surface area contributed by atoms with Gasteiger partial charge in [0.15, 0.2) is 0 Å². The lowest BCUT2D eigenvalue weighted by molar-refractivity contribution is 0.0940. The number of hydrogen-bond donors (Lipinski definition) is 1. The van der Waals surface area contributed by atoms with Gasteiger partial charge >= 0.3 is 0 Å². The molecule has 134 valence electrons. The van der Waals surface area contributed by atoms with E-state index in [-0.39, 0.29) is 11.9 Å². The second-order valence-corrected chi connectivity index (χ2v) is 6.83. The molecule has 2 aromatic carbocycles. The molecule has 0 aliphatic heterocycles. The molecular weight excluding hydrogens is 322 g/mol. The van der Waals surface area contributed by atoms with Gasteiger partial charge in [-0.2, -0.15) is 5.10 Å². The molecule has 0 spiro atoms. The van der Waals surface area contributed by atoms with Crippen LogP contribution in [0.4, 0.5) is 0 Å². The van der Waals surface area contributed by atoms with Gasteiger partial charge in [-0.3, -0.25) is 9.48 Å². The Kier molecular flexibility index (Phi) is 5.21. The van der Waals surface area contributed by atoms with E-state index in [4.69, 9.17) is 0 Å². The smallest absolute Gasteiger partial charge is 0.251 e. The molecule has 1 atom stereocenters. The second kappa shape index (κ2) is 7.56. The molecule has 1 aromatic heterocycles. The zero-order valence-electron chi connectivity index (χ0n) is 15.8. The fourth-order valence-electron chi connectivity index (χ4n) is 3.20. The molecule has 4 heteroatoms. The summed E-state index contributed by atoms with van der Waals surface area (Å²) in [7, 11) is 0. The van der Waals surface area contributed by atoms with Crippen LogP contribution in [0.5, 0.6) is 0 Å². The van der Waals surface area contributed by atoms with E-state index in [1.54, 1.807) is 0 Å². The van der Waals surface area contributed by atoms with Gasteiger partial charge in [0.2, 0.25) is 0 Å². The number of nitrogens with one attached hydrogen (secondary N) is 1. The molecule has 1 amide bonds. The first-order chi connectivity index (χ1) is 12.4. The number of hydrogen-bond acceptors (Lipinski definition) is 2. The minimum absolute atomic E-state index is 0.0296. The van der Waals surface area contributed by atoms with E-state index in [0.29, 0.717) is 12.1 Å². The number of amides is 1. The van der Waals surface area contributed by atoms with Gasteiger partial charge in [0.1, 0.15) is 0 Å². The van der Waals surface area contributed by atoms with Gasteiger partial charge in [0, 0.05) is 11.3 Å². The standard InChI is InChI=1S/C22H25N3O/c1-15-7-5-6-8-21(15)18(4)23-22(26)20-11-9-19(10-12-20)14-25-17(3)13-16(2)24-25/h5-13,18H,14H2,1-4H3,(H,23,26)/t18-/m0/s1. The van der Waals surface area contributed by atoms with Crippen LogP contribution in [0, 0.1) is 20.8 Å². The van der Waals surface area contributed by atoms with Crippen molar-refractivity contribution in [3.63, 3.8) is 0 Å². The number of rotatable bonds is 5. The predicted molar refractivity (Wildman–Crippen MR) is 104 cm³/mol. The van der Waals surface area contributed by atoms with E-state index in [1.807, 2.05) is 54.9 Å². The second-order valence-electron chi connectivity index (χ2n) is 6.83. The molecule has 4 nitrogen and oxygen atoms in total. The Hall–Kier alpha value is -2.88. The summed E-state index contributed by atoms with van der Waals surface area (Å²) < 4.78 is 1.98. The molecule has 0 aliphatic rings. The first-order valence-electron chi connectivity index (χ1n) is 8.90. The summed E-state index contributed by atoms with van der Waals surface area (Å²) in [4.78, 5) is 12.5. The van der Waals surface area contributed by atoms with Crippen LogP contribution in [0.25, 0.3) is 0 Å². The van der Waals surface area contributed by atoms with Gasteiger partial charge < -0.3 is 5.32 Å². The van der Waals surface area contributed by atoms with Crippen molar-refractivity contribution in [2.24, 2.45) is 0 Å². The van der Waals surface area contributed by atoms with Crippen molar-refractivity contribution in [1.82, 2.24) is 15.1 Å². The van der Waals surface area contributed by atoms with Crippen LogP contribution in [0.15, 0.2) is 54.6 Å². The first-order valence-corrected chi connectivity index (χ1v) is 8.90. The van der Waals surface area contributed by atoms with Crippen LogP contribution in [0.3, 0.4) is 0 Å². The zero-order valence-corrected chi connectivity index (χ0v) is 15.8. The molecule has 1 N–H and O–H groups in total. The highest BCUT2D eigenvalue weighted by Crippen LogP contribution is 2.17. The number of benzene rings is 2. The number of aromatic nitrogens is 2. The highest BCUT2D eigenvalue weighted by Gasteiger charge is 2.13. The predicted octanol–water partition coefficient (Wildman–Crippen LogP) is 4.35. The Morgan fingerprint density at radius 2 is 1.77 bits per heavy atom. The van der Waals surface area contributed by atoms with Crippen LogP contribution < -0.4 is 5.32 Å². The number of carbonyl (C=O) groups is 1. The molecule has 0 unspecified atom stereocenters. The van der Waals surface area contributed by atoms with Crippen molar-refractivity contribution < 1.29 is 4.79 Å². The largest absolute Gasteiger partial charge is 0.346 e. The van der Waals surface area contributed by atoms with Gasteiger partial charge in [-0.15, -0.1) is 0 Å². The van der Waals surface area contributed by atoms with Crippen LogP contribution in [0.2, 0.25) is 0 Å². The Morgan fingerprint density at radius 1 is 1.08 bits per heavy atom. The van der Waals surface area contributed by atoms with Crippen LogP contribution in [-0.2, 0) is 6.54 Å². The number of carbonyl (C=O) groups excluding carboxylic acids is 1. The lowest BCUT2D eigenvalue weighted by atomic mass is 10.0. The zero-order chi connectivity index (χ0) is 18.7. The Morgan fingerprint density at radius 3 is 2.38 bits per heavy atom. The van der Waals surface area contributed by atoms with Crippen LogP contribution >= 0.6 is 0 Å². The molecule has 0 saturated carbocycles. The monoisotopic (exact) mass is 347 g/mol. The Bertz CT molecular complexity index is 909. The summed E-state index contributed by atoms with van der Waals surface area (Å²) in [6, 6.07) is 17.9. The lowest BCUT2D eigenvalue weighted by Gasteiger charge is -2.16. The molecule has 0 fully saturated rings. The van der Waals surface area contributed by atoms with E-state index in [1.165, 1.54) is 5.56 Å². The number of aryl methyl sites for hydroxylation is 3. The molecule has 0 aliphatic carbocycles. The summed E-state index contributed by atoms with van der Waals surface area (Å²) in [5, 5.41) is 7.56. The first kappa shape index (κ1) is 17.9. The third kappa shape index (κ3) is 4.02. The summed E-state index contributed by atoms with van der Waals surface area (Å²) in [5.74, 6) is -0.0570. The lowest BCUT2D eigenvalue weighted by Crippen LogP contribution is -2.27. The topological polar surface area (TPSA) is 46.9 Å². The van der Waals surface area contributed by atoms with E-state index in [2.05, 4.69) is 42.5 Å². The maximum absolute atomic E-state index is 12.5. The SMILES string of the molecule is Cc1cc(C)n(Cc2ccc(C(=O)N[C@@H](C)c3ccccc3C)cc2)n1. The Labute approximate surface area is 154 Å². The maximum Gasteiger partial charge on any atom is 0.251 e. The molecule has 3 aromatic rings. The fraction of sp³-hybridized carbons (Fsp3) is 0.273. The van der Waals surface area contributed by atoms with E-state index in [0.717, 1.165) is 22.5 Å². The quantitative estimate of drug-likeness (QED) is 0.746. The molecular formula is C22H25N3O. The van der Waals surface area contributed by atoms with Crippen molar-refractivity contribution in [2.45, 2.75) is 40.3 Å². The van der Waals surface area contributed by atoms with Gasteiger partial charge in [-0.1, -0.05) is 36.4 Å². The van der Waals surface area contributed by atoms with E-state index >= 15 is 0 Å². The third-order valence-electron chi connectivity index (χ3n) is 4.65. The highest BCUT2D eigenvalue weighted by molar-refractivity contribution is 5.94. The molecule has 26 heavy (non-hydrogen) atoms. The molecule has 0 bridgehead atoms. The van der Waals surface area contributed by atoms with Gasteiger partial charge in [0.25, 0.3) is 5.91 Å². The minimum atomic E-state index is -0.0570. The molecule has 0 saturated heterocycles. The summed E-state index contributed by atoms with van der Waals surface area (Å²) >= 11 is 0. The minimum Gasteiger partial charge on any atom is -0.346 e. The van der Waals surface area contributed by atoms with Gasteiger partial charge in [0.05, 0.1) is 18.3 Å². The normalized spacial score (nSPS) is 12.0. The molecule has 3 rings (SSSR count). The Balaban J connectivity index is 1.67. The average molecular weight is 347 g/mol. The van der Waals surface area contributed by atoms with Gasteiger partial charge in [-0.05, 0) is 62.6 Å². The van der Waals surface area contributed by atoms with E-state index < -0.39 is 0 Å².